The third-order valence-electron chi connectivity index (χ3n) is 5.19. The van der Waals surface area contributed by atoms with Crippen LogP contribution in [0.25, 0.3) is 15.8 Å². The van der Waals surface area contributed by atoms with Crippen LogP contribution < -0.4 is 10.5 Å². The Balaban J connectivity index is 1.47. The van der Waals surface area contributed by atoms with Crippen LogP contribution in [0.2, 0.25) is 0 Å². The Kier molecular flexibility index (Phi) is 4.48. The Bertz CT molecular complexity index is 1310. The minimum Gasteiger partial charge on any atom is -0.504 e. The van der Waals surface area contributed by atoms with Crippen molar-refractivity contribution in [3.8, 4) is 5.75 Å². The molecule has 3 aromatic carbocycles. The fraction of sp³-hybridized carbons (Fsp3) is 0.0833. The van der Waals surface area contributed by atoms with Gasteiger partial charge in [0.05, 0.1) is 10.2 Å². The van der Waals surface area contributed by atoms with E-state index in [1.54, 1.807) is 0 Å². The number of hydrogen-bond acceptors (Lipinski definition) is 6. The molecule has 4 aromatic rings. The van der Waals surface area contributed by atoms with Crippen LogP contribution in [0.15, 0.2) is 72.5 Å². The molecule has 6 heteroatoms. The van der Waals surface area contributed by atoms with Gasteiger partial charge in [-0.15, -0.1) is 0 Å². The van der Waals surface area contributed by atoms with Crippen molar-refractivity contribution in [1.29, 1.82) is 0 Å². The maximum Gasteiger partial charge on any atom is 0.229 e. The summed E-state index contributed by atoms with van der Waals surface area (Å²) in [4.78, 5) is 17.3. The molecule has 0 bridgehead atoms. The van der Waals surface area contributed by atoms with Crippen molar-refractivity contribution < 1.29 is 14.6 Å². The molecule has 0 spiro atoms. The van der Waals surface area contributed by atoms with Crippen molar-refractivity contribution in [2.45, 2.75) is 13.0 Å². The Hall–Kier alpha value is -3.64. The number of ketones is 1. The van der Waals surface area contributed by atoms with Gasteiger partial charge in [0.2, 0.25) is 5.78 Å². The number of nitrogen functional groups attached to an aromatic ring is 1. The second-order valence-electron chi connectivity index (χ2n) is 7.14. The molecule has 0 saturated carbocycles. The summed E-state index contributed by atoms with van der Waals surface area (Å²) in [6, 6.07) is 21.1. The zero-order valence-electron chi connectivity index (χ0n) is 16.0. The number of aromatic nitrogens is 1. The lowest BCUT2D eigenvalue weighted by molar-refractivity contribution is 0.0977. The number of nitrogens with two attached hydrogens (primary N) is 1. The molecule has 1 heterocycles. The summed E-state index contributed by atoms with van der Waals surface area (Å²) in [6.45, 7) is 0.446. The Labute approximate surface area is 177 Å². The number of ether oxygens (including phenoxy) is 1. The first-order valence-corrected chi connectivity index (χ1v) is 10.3. The molecule has 0 atom stereocenters. The van der Waals surface area contributed by atoms with Gasteiger partial charge >= 0.3 is 0 Å². The minimum absolute atomic E-state index is 0.234. The predicted molar refractivity (Wildman–Crippen MR) is 119 cm³/mol. The average Bonchev–Trinajstić information content (AvgIpc) is 3.15. The number of thiazole rings is 1. The quantitative estimate of drug-likeness (QED) is 0.481. The van der Waals surface area contributed by atoms with Crippen molar-refractivity contribution in [2.24, 2.45) is 0 Å². The van der Waals surface area contributed by atoms with Crippen molar-refractivity contribution >= 4 is 38.0 Å². The fourth-order valence-corrected chi connectivity index (χ4v) is 4.63. The largest absolute Gasteiger partial charge is 0.504 e. The Morgan fingerprint density at radius 1 is 1.07 bits per heavy atom. The van der Waals surface area contributed by atoms with E-state index in [9.17, 15) is 9.90 Å². The highest BCUT2D eigenvalue weighted by Crippen LogP contribution is 2.38. The summed E-state index contributed by atoms with van der Waals surface area (Å²) in [6.07, 6.45) is 0.447. The number of allylic oxidation sites excluding steroid dienone is 2. The molecule has 148 valence electrons. The van der Waals surface area contributed by atoms with Crippen molar-refractivity contribution in [1.82, 2.24) is 4.98 Å². The van der Waals surface area contributed by atoms with Crippen LogP contribution in [0, 0.1) is 0 Å². The lowest BCUT2D eigenvalue weighted by Crippen LogP contribution is -2.16. The molecule has 1 aliphatic rings. The van der Waals surface area contributed by atoms with Crippen LogP contribution in [0.5, 0.6) is 5.75 Å². The Morgan fingerprint density at radius 2 is 1.90 bits per heavy atom. The molecule has 1 aliphatic carbocycles. The third-order valence-corrected chi connectivity index (χ3v) is 6.10. The first-order chi connectivity index (χ1) is 14.6. The van der Waals surface area contributed by atoms with Crippen LogP contribution in [-0.2, 0) is 13.0 Å². The summed E-state index contributed by atoms with van der Waals surface area (Å²) in [5.41, 5.74) is 10.3. The van der Waals surface area contributed by atoms with E-state index < -0.39 is 5.78 Å². The van der Waals surface area contributed by atoms with Crippen LogP contribution in [0.4, 0.5) is 5.13 Å². The number of anilines is 1. The summed E-state index contributed by atoms with van der Waals surface area (Å²) in [5, 5.41) is 11.2. The highest BCUT2D eigenvalue weighted by Gasteiger charge is 2.29. The third kappa shape index (κ3) is 3.21. The zero-order valence-corrected chi connectivity index (χ0v) is 16.8. The summed E-state index contributed by atoms with van der Waals surface area (Å²) in [7, 11) is 0. The van der Waals surface area contributed by atoms with Crippen molar-refractivity contribution in [2.75, 3.05) is 5.73 Å². The lowest BCUT2D eigenvalue weighted by atomic mass is 9.86. The minimum atomic E-state index is -0.392. The van der Waals surface area contributed by atoms with E-state index in [1.165, 1.54) is 11.3 Å². The number of fused-ring (bicyclic) bond motifs is 3. The van der Waals surface area contributed by atoms with E-state index in [2.05, 4.69) is 4.98 Å². The molecule has 0 amide bonds. The molecular weight excluding hydrogens is 396 g/mol. The van der Waals surface area contributed by atoms with Gasteiger partial charge in [0.25, 0.3) is 0 Å². The SMILES string of the molecule is Nc1nc2ccc3c(c2s1)C(=O)C(O)=C(c1cccc(OCc2ccccc2)c1)C3. The van der Waals surface area contributed by atoms with Crippen molar-refractivity contribution in [3.63, 3.8) is 0 Å². The second-order valence-corrected chi connectivity index (χ2v) is 8.17. The fourth-order valence-electron chi connectivity index (χ4n) is 3.73. The first kappa shape index (κ1) is 18.4. The number of carbonyl (C=O) groups excluding carboxylic acids is 1. The zero-order chi connectivity index (χ0) is 20.7. The second kappa shape index (κ2) is 7.31. The average molecular weight is 414 g/mol. The number of rotatable bonds is 4. The van der Waals surface area contributed by atoms with Gasteiger partial charge in [-0.05, 0) is 34.9 Å². The van der Waals surface area contributed by atoms with E-state index in [0.29, 0.717) is 40.6 Å². The van der Waals surface area contributed by atoms with Crippen molar-refractivity contribution in [3.05, 3.63) is 94.7 Å². The molecule has 0 fully saturated rings. The normalized spacial score (nSPS) is 13.5. The highest BCUT2D eigenvalue weighted by molar-refractivity contribution is 7.22. The van der Waals surface area contributed by atoms with Gasteiger partial charge in [-0.1, -0.05) is 59.9 Å². The molecule has 3 N–H and O–H groups in total. The van der Waals surface area contributed by atoms with Gasteiger partial charge in [0.15, 0.2) is 10.9 Å². The van der Waals surface area contributed by atoms with Gasteiger partial charge in [0, 0.05) is 17.6 Å². The van der Waals surface area contributed by atoms with E-state index in [-0.39, 0.29) is 5.76 Å². The number of aliphatic hydroxyl groups is 1. The molecule has 0 saturated heterocycles. The summed E-state index contributed by atoms with van der Waals surface area (Å²) < 4.78 is 6.63. The van der Waals surface area contributed by atoms with E-state index >= 15 is 0 Å². The van der Waals surface area contributed by atoms with Crippen LogP contribution in [0.3, 0.4) is 0 Å². The number of Topliss-reactive ketones (excluding diaryl/α,β-unsaturated/α-hetero) is 1. The number of carbonyl (C=O) groups is 1. The molecule has 1 aromatic heterocycles. The van der Waals surface area contributed by atoms with E-state index in [0.717, 1.165) is 21.4 Å². The predicted octanol–water partition coefficient (Wildman–Crippen LogP) is 5.17. The Morgan fingerprint density at radius 3 is 2.73 bits per heavy atom. The molecule has 30 heavy (non-hydrogen) atoms. The lowest BCUT2D eigenvalue weighted by Gasteiger charge is -2.20. The smallest absolute Gasteiger partial charge is 0.229 e. The first-order valence-electron chi connectivity index (χ1n) is 9.52. The van der Waals surface area contributed by atoms with Gasteiger partial charge in [0.1, 0.15) is 12.4 Å². The number of hydrogen-bond donors (Lipinski definition) is 2. The maximum absolute atomic E-state index is 13.0. The standard InChI is InChI=1S/C24H18N2O3S/c25-24-26-19-10-9-16-12-18(21(27)22(28)20(16)23(19)30-24)15-7-4-8-17(11-15)29-13-14-5-2-1-3-6-14/h1-11,27H,12-13H2,(H2,25,26). The highest BCUT2D eigenvalue weighted by atomic mass is 32.1. The van der Waals surface area contributed by atoms with E-state index in [4.69, 9.17) is 10.5 Å². The molecule has 0 radical (unpaired) electrons. The van der Waals surface area contributed by atoms with Crippen LogP contribution in [-0.4, -0.2) is 15.9 Å². The summed E-state index contributed by atoms with van der Waals surface area (Å²) >= 11 is 1.27. The van der Waals surface area contributed by atoms with E-state index in [1.807, 2.05) is 66.7 Å². The maximum atomic E-state index is 13.0. The monoisotopic (exact) mass is 414 g/mol. The molecule has 0 unspecified atom stereocenters. The van der Waals surface area contributed by atoms with Gasteiger partial charge < -0.3 is 15.6 Å². The number of nitrogens with zero attached hydrogens (tertiary/aromatic N) is 1. The molecular formula is C24H18N2O3S. The molecule has 5 rings (SSSR count). The van der Waals surface area contributed by atoms with Gasteiger partial charge in [-0.2, -0.15) is 0 Å². The van der Waals surface area contributed by atoms with Crippen LogP contribution >= 0.6 is 11.3 Å². The summed E-state index contributed by atoms with van der Waals surface area (Å²) in [5.74, 6) is 0.0545. The number of aliphatic hydroxyl groups excluding tert-OH is 1. The molecule has 0 aliphatic heterocycles. The number of benzene rings is 3. The van der Waals surface area contributed by atoms with Gasteiger partial charge in [-0.3, -0.25) is 4.79 Å². The molecule has 5 nitrogen and oxygen atoms in total. The van der Waals surface area contributed by atoms with Crippen LogP contribution in [0.1, 0.15) is 27.0 Å². The topological polar surface area (TPSA) is 85.4 Å². The van der Waals surface area contributed by atoms with Gasteiger partial charge in [-0.25, -0.2) is 4.98 Å².